The molecular weight excluding hydrogens is 272 g/mol. The van der Waals surface area contributed by atoms with E-state index in [0.717, 1.165) is 19.3 Å². The molecule has 5 fully saturated rings. The van der Waals surface area contributed by atoms with Crippen LogP contribution in [0.25, 0.3) is 0 Å². The van der Waals surface area contributed by atoms with Gasteiger partial charge in [-0.15, -0.1) is 0 Å². The van der Waals surface area contributed by atoms with Gasteiger partial charge in [0, 0.05) is 25.4 Å². The van der Waals surface area contributed by atoms with Crippen LogP contribution in [0.1, 0.15) is 46.5 Å². The summed E-state index contributed by atoms with van der Waals surface area (Å²) in [5, 5.41) is 0. The zero-order valence-electron chi connectivity index (χ0n) is 13.3. The number of fused-ring (bicyclic) bond motifs is 2. The Bertz CT molecular complexity index is 429. The van der Waals surface area contributed by atoms with Crippen LogP contribution in [0.5, 0.6) is 0 Å². The zero-order chi connectivity index (χ0) is 14.8. The van der Waals surface area contributed by atoms with Gasteiger partial charge in [-0.25, -0.2) is 9.78 Å². The van der Waals surface area contributed by atoms with Crippen molar-refractivity contribution in [1.82, 2.24) is 0 Å². The Hall–Kier alpha value is -0.200. The Morgan fingerprint density at radius 3 is 2.62 bits per heavy atom. The Kier molecular flexibility index (Phi) is 3.19. The van der Waals surface area contributed by atoms with E-state index in [1.54, 1.807) is 7.11 Å². The highest BCUT2D eigenvalue weighted by molar-refractivity contribution is 5.08. The fraction of sp³-hybridized carbons (Fsp3) is 1.00. The lowest BCUT2D eigenvalue weighted by molar-refractivity contribution is -0.577. The van der Waals surface area contributed by atoms with Crippen molar-refractivity contribution in [2.45, 2.75) is 70.4 Å². The van der Waals surface area contributed by atoms with Gasteiger partial charge in [-0.2, -0.15) is 0 Å². The minimum absolute atomic E-state index is 0.230. The summed E-state index contributed by atoms with van der Waals surface area (Å²) in [6, 6.07) is 0. The molecule has 5 heteroatoms. The lowest BCUT2D eigenvalue weighted by Gasteiger charge is -2.60. The Morgan fingerprint density at radius 1 is 1.05 bits per heavy atom. The molecule has 5 nitrogen and oxygen atoms in total. The molecule has 0 aromatic rings. The highest BCUT2D eigenvalue weighted by Gasteiger charge is 2.69. The van der Waals surface area contributed by atoms with Gasteiger partial charge in [0.1, 0.15) is 0 Å². The average molecular weight is 298 g/mol. The molecule has 0 aromatic heterocycles. The largest absolute Gasteiger partial charge is 0.355 e. The highest BCUT2D eigenvalue weighted by Crippen LogP contribution is 2.60. The molecule has 5 rings (SSSR count). The van der Waals surface area contributed by atoms with Crippen LogP contribution in [0.2, 0.25) is 0 Å². The van der Waals surface area contributed by atoms with Crippen LogP contribution >= 0.6 is 0 Å². The summed E-state index contributed by atoms with van der Waals surface area (Å²) in [6.07, 6.45) is 3.64. The highest BCUT2D eigenvalue weighted by atomic mass is 17.3. The first kappa shape index (κ1) is 14.4. The Morgan fingerprint density at radius 2 is 1.86 bits per heavy atom. The number of methoxy groups -OCH3 is 1. The van der Waals surface area contributed by atoms with Gasteiger partial charge >= 0.3 is 0 Å². The molecule has 0 unspecified atom stereocenters. The van der Waals surface area contributed by atoms with E-state index in [-0.39, 0.29) is 12.2 Å². The first-order valence-corrected chi connectivity index (χ1v) is 8.23. The summed E-state index contributed by atoms with van der Waals surface area (Å²) in [4.78, 5) is 11.8. The number of hydrogen-bond donors (Lipinski definition) is 0. The van der Waals surface area contributed by atoms with Crippen molar-refractivity contribution < 1.29 is 24.0 Å². The second-order valence-corrected chi connectivity index (χ2v) is 7.51. The molecule has 0 radical (unpaired) electrons. The van der Waals surface area contributed by atoms with E-state index in [0.29, 0.717) is 17.8 Å². The lowest BCUT2D eigenvalue weighted by atomic mass is 9.58. The number of hydrogen-bond acceptors (Lipinski definition) is 5. The Labute approximate surface area is 126 Å². The van der Waals surface area contributed by atoms with Crippen LogP contribution in [0.3, 0.4) is 0 Å². The first-order chi connectivity index (χ1) is 10.00. The topological polar surface area (TPSA) is 46.2 Å². The lowest BCUT2D eigenvalue weighted by Crippen LogP contribution is -2.70. The van der Waals surface area contributed by atoms with Crippen molar-refractivity contribution in [2.24, 2.45) is 23.7 Å². The second-order valence-electron chi connectivity index (χ2n) is 7.51. The van der Waals surface area contributed by atoms with Gasteiger partial charge in [-0.1, -0.05) is 13.8 Å². The molecule has 8 atom stereocenters. The molecule has 21 heavy (non-hydrogen) atoms. The molecular formula is C16H26O5. The van der Waals surface area contributed by atoms with Crippen molar-refractivity contribution in [3.63, 3.8) is 0 Å². The van der Waals surface area contributed by atoms with E-state index in [1.165, 1.54) is 6.42 Å². The molecule has 0 N–H and O–H groups in total. The fourth-order valence-electron chi connectivity index (χ4n) is 5.14. The maximum absolute atomic E-state index is 6.21. The minimum Gasteiger partial charge on any atom is -0.355 e. The molecule has 1 spiro atoms. The number of rotatable bonds is 1. The second kappa shape index (κ2) is 4.65. The van der Waals surface area contributed by atoms with Gasteiger partial charge in [-0.3, -0.25) is 0 Å². The smallest absolute Gasteiger partial charge is 0.201 e. The molecule has 1 saturated carbocycles. The quantitative estimate of drug-likeness (QED) is 0.697. The summed E-state index contributed by atoms with van der Waals surface area (Å²) in [5.41, 5.74) is -0.470. The molecule has 4 heterocycles. The molecule has 4 aliphatic heterocycles. The molecule has 2 bridgehead atoms. The van der Waals surface area contributed by atoms with E-state index >= 15 is 0 Å². The maximum Gasteiger partial charge on any atom is 0.201 e. The van der Waals surface area contributed by atoms with Crippen LogP contribution in [-0.4, -0.2) is 31.1 Å². The third-order valence-electron chi connectivity index (χ3n) is 6.33. The van der Waals surface area contributed by atoms with Gasteiger partial charge in [0.25, 0.3) is 0 Å². The molecule has 120 valence electrons. The predicted molar refractivity (Wildman–Crippen MR) is 73.8 cm³/mol. The van der Waals surface area contributed by atoms with Crippen molar-refractivity contribution in [3.05, 3.63) is 0 Å². The van der Waals surface area contributed by atoms with Gasteiger partial charge in [0.15, 0.2) is 18.2 Å². The maximum atomic E-state index is 6.21. The van der Waals surface area contributed by atoms with Gasteiger partial charge in [-0.05, 0) is 38.0 Å². The van der Waals surface area contributed by atoms with E-state index in [1.807, 2.05) is 6.92 Å². The van der Waals surface area contributed by atoms with Crippen molar-refractivity contribution >= 4 is 0 Å². The average Bonchev–Trinajstić information content (AvgIpc) is 2.69. The van der Waals surface area contributed by atoms with Gasteiger partial charge in [0.2, 0.25) is 5.79 Å². The summed E-state index contributed by atoms with van der Waals surface area (Å²) in [5.74, 6) is 0.953. The summed E-state index contributed by atoms with van der Waals surface area (Å²) < 4.78 is 17.9. The molecule has 4 saturated heterocycles. The SMILES string of the molecule is CO[C@H]1O[C@H]2O[C@@]3(C)CC[C@H]4[C@@H](C)CC[C@@H]([C@H]1C)[C@]24OO3. The zero-order valence-corrected chi connectivity index (χ0v) is 13.3. The van der Waals surface area contributed by atoms with Crippen molar-refractivity contribution in [2.75, 3.05) is 7.11 Å². The molecule has 0 aromatic carbocycles. The van der Waals surface area contributed by atoms with Crippen LogP contribution in [0.4, 0.5) is 0 Å². The normalized spacial score (nSPS) is 59.4. The molecule has 0 amide bonds. The summed E-state index contributed by atoms with van der Waals surface area (Å²) in [7, 11) is 1.70. The summed E-state index contributed by atoms with van der Waals surface area (Å²) in [6.45, 7) is 6.46. The molecule has 5 aliphatic rings. The van der Waals surface area contributed by atoms with E-state index in [2.05, 4.69) is 13.8 Å². The summed E-state index contributed by atoms with van der Waals surface area (Å²) >= 11 is 0. The fourth-order valence-corrected chi connectivity index (χ4v) is 5.14. The third kappa shape index (κ3) is 1.81. The first-order valence-electron chi connectivity index (χ1n) is 8.23. The Balaban J connectivity index is 1.79. The molecule has 1 aliphatic carbocycles. The van der Waals surface area contributed by atoms with Crippen LogP contribution < -0.4 is 0 Å². The van der Waals surface area contributed by atoms with Gasteiger partial charge < -0.3 is 14.2 Å². The minimum atomic E-state index is -0.698. The van der Waals surface area contributed by atoms with E-state index in [9.17, 15) is 0 Å². The predicted octanol–water partition coefficient (Wildman–Crippen LogP) is 2.84. The van der Waals surface area contributed by atoms with Crippen LogP contribution in [-0.2, 0) is 24.0 Å². The number of ether oxygens (including phenoxy) is 3. The van der Waals surface area contributed by atoms with E-state index in [4.69, 9.17) is 24.0 Å². The monoisotopic (exact) mass is 298 g/mol. The van der Waals surface area contributed by atoms with Crippen molar-refractivity contribution in [1.29, 1.82) is 0 Å². The standard InChI is InChI=1S/C16H26O5/c1-9-5-6-12-10(2)13(17-4)18-14-16(12)11(9)7-8-15(3,19-14)20-21-16/h9-14H,5-8H2,1-4H3/t9-,10+,11-,12-,13-,14-,15+,16-/m0/s1. The van der Waals surface area contributed by atoms with Crippen molar-refractivity contribution in [3.8, 4) is 0 Å². The van der Waals surface area contributed by atoms with Crippen LogP contribution in [0, 0.1) is 23.7 Å². The van der Waals surface area contributed by atoms with E-state index < -0.39 is 17.7 Å². The third-order valence-corrected chi connectivity index (χ3v) is 6.33. The van der Waals surface area contributed by atoms with Crippen LogP contribution in [0.15, 0.2) is 0 Å². The van der Waals surface area contributed by atoms with Gasteiger partial charge in [0.05, 0.1) is 0 Å².